The van der Waals surface area contributed by atoms with Crippen molar-refractivity contribution in [3.63, 3.8) is 0 Å². The van der Waals surface area contributed by atoms with E-state index in [1.54, 1.807) is 0 Å². The van der Waals surface area contributed by atoms with E-state index in [1.807, 2.05) is 0 Å². The minimum absolute atomic E-state index is 0.400. The fourth-order valence-electron chi connectivity index (χ4n) is 3.07. The monoisotopic (exact) mass is 226 g/mol. The van der Waals surface area contributed by atoms with Gasteiger partial charge < -0.3 is 15.0 Å². The summed E-state index contributed by atoms with van der Waals surface area (Å²) in [4.78, 5) is 2.36. The Hall–Kier alpha value is -0.120. The molecule has 3 heteroatoms. The molecule has 0 aromatic rings. The van der Waals surface area contributed by atoms with Gasteiger partial charge in [-0.15, -0.1) is 0 Å². The highest BCUT2D eigenvalue weighted by Gasteiger charge is 2.26. The first kappa shape index (κ1) is 12.3. The van der Waals surface area contributed by atoms with Gasteiger partial charge in [0.15, 0.2) is 0 Å². The molecule has 3 atom stereocenters. The second-order valence-electron chi connectivity index (χ2n) is 5.37. The zero-order valence-corrected chi connectivity index (χ0v) is 10.7. The SMILES string of the molecule is CCC1CCCC1NCC1CN(C)CCO1. The average Bonchev–Trinajstić information content (AvgIpc) is 2.74. The zero-order valence-electron chi connectivity index (χ0n) is 10.7. The van der Waals surface area contributed by atoms with E-state index in [9.17, 15) is 0 Å². The summed E-state index contributed by atoms with van der Waals surface area (Å²) in [6.07, 6.45) is 5.91. The predicted octanol–water partition coefficient (Wildman–Crippen LogP) is 1.49. The van der Waals surface area contributed by atoms with E-state index in [1.165, 1.54) is 25.7 Å². The van der Waals surface area contributed by atoms with Crippen molar-refractivity contribution < 1.29 is 4.74 Å². The van der Waals surface area contributed by atoms with Gasteiger partial charge in [0.25, 0.3) is 0 Å². The molecule has 2 rings (SSSR count). The van der Waals surface area contributed by atoms with Crippen molar-refractivity contribution >= 4 is 0 Å². The largest absolute Gasteiger partial charge is 0.374 e. The lowest BCUT2D eigenvalue weighted by molar-refractivity contribution is -0.0197. The number of rotatable bonds is 4. The number of hydrogen-bond donors (Lipinski definition) is 1. The van der Waals surface area contributed by atoms with Crippen LogP contribution >= 0.6 is 0 Å². The molecule has 1 saturated heterocycles. The van der Waals surface area contributed by atoms with Crippen LogP contribution in [0.1, 0.15) is 32.6 Å². The van der Waals surface area contributed by atoms with E-state index < -0.39 is 0 Å². The van der Waals surface area contributed by atoms with Gasteiger partial charge in [0.05, 0.1) is 12.7 Å². The first-order valence-corrected chi connectivity index (χ1v) is 6.83. The smallest absolute Gasteiger partial charge is 0.0826 e. The van der Waals surface area contributed by atoms with Crippen LogP contribution in [0.25, 0.3) is 0 Å². The predicted molar refractivity (Wildman–Crippen MR) is 66.7 cm³/mol. The molecule has 1 aliphatic heterocycles. The summed E-state index contributed by atoms with van der Waals surface area (Å²) in [7, 11) is 2.18. The molecule has 1 saturated carbocycles. The van der Waals surface area contributed by atoms with Crippen LogP contribution in [0.15, 0.2) is 0 Å². The minimum Gasteiger partial charge on any atom is -0.374 e. The number of hydrogen-bond acceptors (Lipinski definition) is 3. The quantitative estimate of drug-likeness (QED) is 0.786. The summed E-state index contributed by atoms with van der Waals surface area (Å²) in [5, 5.41) is 3.72. The Morgan fingerprint density at radius 2 is 2.25 bits per heavy atom. The standard InChI is InChI=1S/C13H26N2O/c1-3-11-5-4-6-13(11)14-9-12-10-15(2)7-8-16-12/h11-14H,3-10H2,1-2H3. The highest BCUT2D eigenvalue weighted by molar-refractivity contribution is 4.84. The molecule has 2 fully saturated rings. The van der Waals surface area contributed by atoms with E-state index in [0.29, 0.717) is 6.10 Å². The Labute approximate surface area is 99.5 Å². The molecule has 0 spiro atoms. The number of morpholine rings is 1. The Bertz CT molecular complexity index is 210. The van der Waals surface area contributed by atoms with Crippen molar-refractivity contribution in [2.45, 2.75) is 44.8 Å². The Kier molecular flexibility index (Phi) is 4.62. The van der Waals surface area contributed by atoms with Crippen molar-refractivity contribution in [3.05, 3.63) is 0 Å². The van der Waals surface area contributed by atoms with Gasteiger partial charge in [0.2, 0.25) is 0 Å². The number of ether oxygens (including phenoxy) is 1. The molecule has 0 aromatic carbocycles. The maximum atomic E-state index is 5.77. The van der Waals surface area contributed by atoms with Crippen molar-refractivity contribution in [2.24, 2.45) is 5.92 Å². The fourth-order valence-corrected chi connectivity index (χ4v) is 3.07. The van der Waals surface area contributed by atoms with Gasteiger partial charge in [-0.3, -0.25) is 0 Å². The highest BCUT2D eigenvalue weighted by atomic mass is 16.5. The fraction of sp³-hybridized carbons (Fsp3) is 1.00. The zero-order chi connectivity index (χ0) is 11.4. The molecule has 16 heavy (non-hydrogen) atoms. The summed E-state index contributed by atoms with van der Waals surface area (Å²) in [5.41, 5.74) is 0. The lowest BCUT2D eigenvalue weighted by Gasteiger charge is -2.31. The van der Waals surface area contributed by atoms with Crippen LogP contribution in [0.5, 0.6) is 0 Å². The maximum Gasteiger partial charge on any atom is 0.0826 e. The average molecular weight is 226 g/mol. The van der Waals surface area contributed by atoms with Gasteiger partial charge >= 0.3 is 0 Å². The van der Waals surface area contributed by atoms with Crippen LogP contribution in [0.2, 0.25) is 0 Å². The second-order valence-corrected chi connectivity index (χ2v) is 5.37. The number of nitrogens with zero attached hydrogens (tertiary/aromatic N) is 1. The molecule has 3 nitrogen and oxygen atoms in total. The van der Waals surface area contributed by atoms with Crippen LogP contribution in [-0.4, -0.2) is 50.3 Å². The minimum atomic E-state index is 0.400. The molecule has 0 bridgehead atoms. The summed E-state index contributed by atoms with van der Waals surface area (Å²) in [6, 6.07) is 0.751. The first-order chi connectivity index (χ1) is 7.79. The van der Waals surface area contributed by atoms with E-state index in [0.717, 1.165) is 38.2 Å². The van der Waals surface area contributed by atoms with Crippen LogP contribution in [-0.2, 0) is 4.74 Å². The third kappa shape index (κ3) is 3.19. The Morgan fingerprint density at radius 3 is 3.00 bits per heavy atom. The van der Waals surface area contributed by atoms with Gasteiger partial charge in [-0.1, -0.05) is 19.8 Å². The Balaban J connectivity index is 1.70. The summed E-state index contributed by atoms with van der Waals surface area (Å²) in [5.74, 6) is 0.904. The van der Waals surface area contributed by atoms with Gasteiger partial charge in [0.1, 0.15) is 0 Å². The van der Waals surface area contributed by atoms with Crippen molar-refractivity contribution in [3.8, 4) is 0 Å². The van der Waals surface area contributed by atoms with Crippen LogP contribution in [0, 0.1) is 5.92 Å². The normalized spacial score (nSPS) is 36.8. The Morgan fingerprint density at radius 1 is 1.38 bits per heavy atom. The number of likely N-dealkylation sites (N-methyl/N-ethyl adjacent to an activating group) is 1. The highest BCUT2D eigenvalue weighted by Crippen LogP contribution is 2.28. The van der Waals surface area contributed by atoms with Gasteiger partial charge in [-0.2, -0.15) is 0 Å². The third-order valence-corrected chi connectivity index (χ3v) is 4.13. The van der Waals surface area contributed by atoms with Crippen LogP contribution in [0.3, 0.4) is 0 Å². The number of nitrogens with one attached hydrogen (secondary N) is 1. The van der Waals surface area contributed by atoms with E-state index >= 15 is 0 Å². The lowest BCUT2D eigenvalue weighted by Crippen LogP contribution is -2.47. The molecule has 1 aliphatic carbocycles. The molecule has 3 unspecified atom stereocenters. The van der Waals surface area contributed by atoms with Crippen LogP contribution in [0.4, 0.5) is 0 Å². The molecule has 0 aromatic heterocycles. The third-order valence-electron chi connectivity index (χ3n) is 4.13. The molecule has 1 heterocycles. The molecular weight excluding hydrogens is 200 g/mol. The van der Waals surface area contributed by atoms with E-state index in [4.69, 9.17) is 4.74 Å². The van der Waals surface area contributed by atoms with Gasteiger partial charge in [0, 0.05) is 25.7 Å². The maximum absolute atomic E-state index is 5.77. The summed E-state index contributed by atoms with van der Waals surface area (Å²) < 4.78 is 5.77. The molecule has 0 amide bonds. The topological polar surface area (TPSA) is 24.5 Å². The second kappa shape index (κ2) is 5.99. The summed E-state index contributed by atoms with van der Waals surface area (Å²) in [6.45, 7) is 6.40. The molecule has 0 radical (unpaired) electrons. The summed E-state index contributed by atoms with van der Waals surface area (Å²) >= 11 is 0. The molecule has 2 aliphatic rings. The van der Waals surface area contributed by atoms with E-state index in [-0.39, 0.29) is 0 Å². The van der Waals surface area contributed by atoms with Crippen molar-refractivity contribution in [2.75, 3.05) is 33.3 Å². The molecular formula is C13H26N2O. The van der Waals surface area contributed by atoms with Crippen molar-refractivity contribution in [1.82, 2.24) is 10.2 Å². The van der Waals surface area contributed by atoms with E-state index in [2.05, 4.69) is 24.2 Å². The van der Waals surface area contributed by atoms with Crippen LogP contribution < -0.4 is 5.32 Å². The molecule has 1 N–H and O–H groups in total. The first-order valence-electron chi connectivity index (χ1n) is 6.83. The van der Waals surface area contributed by atoms with Gasteiger partial charge in [-0.25, -0.2) is 0 Å². The molecule has 94 valence electrons. The van der Waals surface area contributed by atoms with Crippen molar-refractivity contribution in [1.29, 1.82) is 0 Å². The van der Waals surface area contributed by atoms with Gasteiger partial charge in [-0.05, 0) is 25.8 Å². The lowest BCUT2D eigenvalue weighted by atomic mass is 10.0.